The Labute approximate surface area is 107 Å². The van der Waals surface area contributed by atoms with Gasteiger partial charge in [-0.1, -0.05) is 15.9 Å². The Morgan fingerprint density at radius 1 is 1.65 bits per heavy atom. The van der Waals surface area contributed by atoms with Gasteiger partial charge in [-0.15, -0.1) is 0 Å². The van der Waals surface area contributed by atoms with Crippen LogP contribution in [0.2, 0.25) is 0 Å². The predicted molar refractivity (Wildman–Crippen MR) is 66.1 cm³/mol. The molecular weight excluding hydrogens is 292 g/mol. The molecule has 1 aromatic carbocycles. The van der Waals surface area contributed by atoms with Crippen LogP contribution in [-0.2, 0) is 0 Å². The van der Waals surface area contributed by atoms with Gasteiger partial charge in [0.1, 0.15) is 12.7 Å². The van der Waals surface area contributed by atoms with E-state index in [4.69, 9.17) is 10.5 Å². The zero-order valence-corrected chi connectivity index (χ0v) is 10.8. The second-order valence-corrected chi connectivity index (χ2v) is 4.44. The van der Waals surface area contributed by atoms with Crippen molar-refractivity contribution in [3.8, 4) is 5.75 Å². The van der Waals surface area contributed by atoms with E-state index in [1.807, 2.05) is 0 Å². The third-order valence-electron chi connectivity index (χ3n) is 2.11. The van der Waals surface area contributed by atoms with E-state index in [1.165, 1.54) is 6.07 Å². The summed E-state index contributed by atoms with van der Waals surface area (Å²) in [4.78, 5) is 10.3. The fourth-order valence-corrected chi connectivity index (χ4v) is 1.84. The number of ether oxygens (including phenoxy) is 1. The lowest BCUT2D eigenvalue weighted by atomic mass is 10.2. The molecule has 0 radical (unpaired) electrons. The molecule has 0 saturated heterocycles. The number of nitrogens with zero attached hydrogens (tertiary/aromatic N) is 1. The van der Waals surface area contributed by atoms with Gasteiger partial charge in [0, 0.05) is 17.1 Å². The summed E-state index contributed by atoms with van der Waals surface area (Å²) in [5.41, 5.74) is 5.71. The summed E-state index contributed by atoms with van der Waals surface area (Å²) in [6, 6.07) is 3.06. The molecule has 0 unspecified atom stereocenters. The van der Waals surface area contributed by atoms with Gasteiger partial charge in [-0.2, -0.15) is 0 Å². The van der Waals surface area contributed by atoms with Crippen molar-refractivity contribution in [1.82, 2.24) is 0 Å². The lowest BCUT2D eigenvalue weighted by Gasteiger charge is -2.12. The molecule has 94 valence electrons. The van der Waals surface area contributed by atoms with Gasteiger partial charge in [0.15, 0.2) is 5.75 Å². The first-order chi connectivity index (χ1) is 7.95. The highest BCUT2D eigenvalue weighted by Crippen LogP contribution is 2.34. The molecule has 0 aliphatic rings. The van der Waals surface area contributed by atoms with Crippen LogP contribution in [0, 0.1) is 17.0 Å². The number of halogens is 1. The largest absolute Gasteiger partial charge is 0.484 e. The number of nitrogens with two attached hydrogens (primary N) is 1. The molecule has 0 fully saturated rings. The molecule has 0 aliphatic heterocycles. The van der Waals surface area contributed by atoms with E-state index in [-0.39, 0.29) is 24.6 Å². The van der Waals surface area contributed by atoms with Gasteiger partial charge in [-0.05, 0) is 18.6 Å². The standard InChI is InChI=1S/C10H13BrN2O4/c1-6-2-7(11)3-9(13(15)16)10(6)17-5-8(14)4-12/h2-3,8,14H,4-5,12H2,1H3/t8-/m0/s1. The van der Waals surface area contributed by atoms with Gasteiger partial charge in [-0.3, -0.25) is 10.1 Å². The van der Waals surface area contributed by atoms with Crippen molar-refractivity contribution < 1.29 is 14.8 Å². The summed E-state index contributed by atoms with van der Waals surface area (Å²) in [5.74, 6) is 0.158. The summed E-state index contributed by atoms with van der Waals surface area (Å²) in [5, 5.41) is 20.1. The number of hydrogen-bond donors (Lipinski definition) is 2. The second kappa shape index (κ2) is 5.95. The SMILES string of the molecule is Cc1cc(Br)cc([N+](=O)[O-])c1OC[C@@H](O)CN. The molecule has 7 heteroatoms. The zero-order chi connectivity index (χ0) is 13.0. The molecule has 0 spiro atoms. The van der Waals surface area contributed by atoms with Crippen LogP contribution in [0.1, 0.15) is 5.56 Å². The van der Waals surface area contributed by atoms with Crippen LogP contribution < -0.4 is 10.5 Å². The normalized spacial score (nSPS) is 12.2. The molecule has 1 aromatic rings. The summed E-state index contributed by atoms with van der Waals surface area (Å²) in [6.07, 6.45) is -0.836. The quantitative estimate of drug-likeness (QED) is 0.632. The van der Waals surface area contributed by atoms with Gasteiger partial charge in [-0.25, -0.2) is 0 Å². The molecule has 17 heavy (non-hydrogen) atoms. The van der Waals surface area contributed by atoms with E-state index in [0.29, 0.717) is 10.0 Å². The van der Waals surface area contributed by atoms with E-state index >= 15 is 0 Å². The maximum Gasteiger partial charge on any atom is 0.312 e. The highest BCUT2D eigenvalue weighted by molar-refractivity contribution is 9.10. The fourth-order valence-electron chi connectivity index (χ4n) is 1.28. The number of nitro benzene ring substituents is 1. The van der Waals surface area contributed by atoms with Crippen molar-refractivity contribution in [2.45, 2.75) is 13.0 Å². The van der Waals surface area contributed by atoms with E-state index in [1.54, 1.807) is 13.0 Å². The number of nitro groups is 1. The molecule has 0 amide bonds. The monoisotopic (exact) mass is 304 g/mol. The molecule has 1 rings (SSSR count). The van der Waals surface area contributed by atoms with Gasteiger partial charge in [0.25, 0.3) is 0 Å². The first-order valence-corrected chi connectivity index (χ1v) is 5.70. The first-order valence-electron chi connectivity index (χ1n) is 4.91. The van der Waals surface area contributed by atoms with Crippen LogP contribution in [0.25, 0.3) is 0 Å². The summed E-state index contributed by atoms with van der Waals surface area (Å²) in [7, 11) is 0. The smallest absolute Gasteiger partial charge is 0.312 e. The molecule has 0 heterocycles. The molecule has 0 aromatic heterocycles. The third-order valence-corrected chi connectivity index (χ3v) is 2.57. The maximum atomic E-state index is 10.9. The van der Waals surface area contributed by atoms with Gasteiger partial charge >= 0.3 is 5.69 Å². The van der Waals surface area contributed by atoms with Crippen molar-refractivity contribution in [2.24, 2.45) is 5.73 Å². The molecule has 6 nitrogen and oxygen atoms in total. The Morgan fingerprint density at radius 2 is 2.29 bits per heavy atom. The van der Waals surface area contributed by atoms with Crippen LogP contribution in [0.15, 0.2) is 16.6 Å². The van der Waals surface area contributed by atoms with Crippen molar-refractivity contribution in [3.63, 3.8) is 0 Å². The summed E-state index contributed by atoms with van der Waals surface area (Å²) in [6.45, 7) is 1.67. The average Bonchev–Trinajstić information content (AvgIpc) is 2.26. The Kier molecular flexibility index (Phi) is 4.86. The minimum atomic E-state index is -0.836. The second-order valence-electron chi connectivity index (χ2n) is 3.53. The topological polar surface area (TPSA) is 98.6 Å². The Balaban J connectivity index is 3.00. The highest BCUT2D eigenvalue weighted by Gasteiger charge is 2.19. The van der Waals surface area contributed by atoms with Crippen LogP contribution in [-0.4, -0.2) is 29.3 Å². The van der Waals surface area contributed by atoms with Crippen molar-refractivity contribution in [3.05, 3.63) is 32.3 Å². The van der Waals surface area contributed by atoms with Crippen LogP contribution in [0.5, 0.6) is 5.75 Å². The highest BCUT2D eigenvalue weighted by atomic mass is 79.9. The zero-order valence-electron chi connectivity index (χ0n) is 9.22. The molecule has 0 bridgehead atoms. The van der Waals surface area contributed by atoms with Crippen LogP contribution in [0.3, 0.4) is 0 Å². The Hall–Kier alpha value is -1.18. The Bertz CT molecular complexity index is 425. The van der Waals surface area contributed by atoms with E-state index in [9.17, 15) is 15.2 Å². The lowest BCUT2D eigenvalue weighted by Crippen LogP contribution is -2.26. The van der Waals surface area contributed by atoms with Gasteiger partial charge < -0.3 is 15.6 Å². The van der Waals surface area contributed by atoms with E-state index < -0.39 is 11.0 Å². The molecular formula is C10H13BrN2O4. The van der Waals surface area contributed by atoms with Gasteiger partial charge in [0.2, 0.25) is 0 Å². The molecule has 0 saturated carbocycles. The predicted octanol–water partition coefficient (Wildman–Crippen LogP) is 1.36. The van der Waals surface area contributed by atoms with Crippen molar-refractivity contribution >= 4 is 21.6 Å². The number of benzene rings is 1. The molecule has 3 N–H and O–H groups in total. The number of aliphatic hydroxyl groups is 1. The van der Waals surface area contributed by atoms with E-state index in [0.717, 1.165) is 0 Å². The van der Waals surface area contributed by atoms with E-state index in [2.05, 4.69) is 15.9 Å². The minimum absolute atomic E-state index is 0.0450. The number of hydrogen-bond acceptors (Lipinski definition) is 5. The Morgan fingerprint density at radius 3 is 2.82 bits per heavy atom. The van der Waals surface area contributed by atoms with Crippen LogP contribution in [0.4, 0.5) is 5.69 Å². The molecule has 1 atom stereocenters. The lowest BCUT2D eigenvalue weighted by molar-refractivity contribution is -0.386. The summed E-state index contributed by atoms with van der Waals surface area (Å²) < 4.78 is 5.85. The fraction of sp³-hybridized carbons (Fsp3) is 0.400. The number of aryl methyl sites for hydroxylation is 1. The minimum Gasteiger partial charge on any atom is -0.484 e. The third kappa shape index (κ3) is 3.65. The van der Waals surface area contributed by atoms with Gasteiger partial charge in [0.05, 0.1) is 4.92 Å². The number of rotatable bonds is 5. The van der Waals surface area contributed by atoms with Crippen LogP contribution >= 0.6 is 15.9 Å². The summed E-state index contributed by atoms with van der Waals surface area (Å²) >= 11 is 3.18. The molecule has 0 aliphatic carbocycles. The first kappa shape index (κ1) is 13.9. The maximum absolute atomic E-state index is 10.9. The van der Waals surface area contributed by atoms with Crippen molar-refractivity contribution in [1.29, 1.82) is 0 Å². The van der Waals surface area contributed by atoms with Crippen molar-refractivity contribution in [2.75, 3.05) is 13.2 Å². The average molecular weight is 305 g/mol. The number of aliphatic hydroxyl groups excluding tert-OH is 1.